The maximum absolute atomic E-state index is 12.8. The van der Waals surface area contributed by atoms with Crippen LogP contribution < -0.4 is 0 Å². The zero-order chi connectivity index (χ0) is 18.1. The van der Waals surface area contributed by atoms with Crippen LogP contribution in [0.15, 0.2) is 29.6 Å². The van der Waals surface area contributed by atoms with Crippen LogP contribution in [0.4, 0.5) is 0 Å². The van der Waals surface area contributed by atoms with Crippen LogP contribution in [0.1, 0.15) is 32.5 Å². The molecule has 1 fully saturated rings. The number of carbonyl (C=O) groups excluding carboxylic acids is 2. The molecule has 0 radical (unpaired) electrons. The van der Waals surface area contributed by atoms with Crippen molar-refractivity contribution in [1.82, 2.24) is 9.80 Å². The fourth-order valence-electron chi connectivity index (χ4n) is 2.99. The van der Waals surface area contributed by atoms with Gasteiger partial charge in [0.1, 0.15) is 5.75 Å². The molecule has 0 aliphatic carbocycles. The molecule has 25 heavy (non-hydrogen) atoms. The zero-order valence-electron chi connectivity index (χ0n) is 14.0. The maximum Gasteiger partial charge on any atom is 0.264 e. The van der Waals surface area contributed by atoms with Crippen molar-refractivity contribution in [2.24, 2.45) is 0 Å². The number of carbonyl (C=O) groups is 2. The van der Waals surface area contributed by atoms with Gasteiger partial charge in [0.05, 0.1) is 15.5 Å². The highest BCUT2D eigenvalue weighted by Crippen LogP contribution is 2.25. The van der Waals surface area contributed by atoms with Gasteiger partial charge in [0.15, 0.2) is 0 Å². The van der Waals surface area contributed by atoms with Crippen molar-refractivity contribution in [3.05, 3.63) is 50.7 Å². The number of piperazine rings is 1. The number of thiophene rings is 1. The van der Waals surface area contributed by atoms with Crippen molar-refractivity contribution in [3.8, 4) is 5.75 Å². The Hall–Kier alpha value is -2.05. The van der Waals surface area contributed by atoms with Crippen molar-refractivity contribution >= 4 is 34.8 Å². The van der Waals surface area contributed by atoms with Gasteiger partial charge in [0.25, 0.3) is 11.8 Å². The Morgan fingerprint density at radius 2 is 2.00 bits per heavy atom. The Morgan fingerprint density at radius 1 is 1.24 bits per heavy atom. The highest BCUT2D eigenvalue weighted by molar-refractivity contribution is 7.12. The molecular weight excluding hydrogens is 360 g/mol. The first-order valence-electron chi connectivity index (χ1n) is 8.00. The van der Waals surface area contributed by atoms with E-state index >= 15 is 0 Å². The van der Waals surface area contributed by atoms with Crippen LogP contribution in [0.25, 0.3) is 0 Å². The third-order valence-electron chi connectivity index (χ3n) is 4.33. The van der Waals surface area contributed by atoms with Gasteiger partial charge in [0.2, 0.25) is 0 Å². The Morgan fingerprint density at radius 3 is 2.60 bits per heavy atom. The lowest BCUT2D eigenvalue weighted by Crippen LogP contribution is -2.55. The molecule has 1 N–H and O–H groups in total. The van der Waals surface area contributed by atoms with Crippen LogP contribution in [0.5, 0.6) is 5.75 Å². The Balaban J connectivity index is 1.71. The maximum atomic E-state index is 12.8. The minimum atomic E-state index is -0.115. The minimum absolute atomic E-state index is 0.101. The first-order valence-corrected chi connectivity index (χ1v) is 9.26. The van der Waals surface area contributed by atoms with E-state index in [1.165, 1.54) is 22.8 Å². The lowest BCUT2D eigenvalue weighted by molar-refractivity contribution is 0.0417. The molecule has 1 aliphatic rings. The number of nitrogens with zero attached hydrogens (tertiary/aromatic N) is 2. The van der Waals surface area contributed by atoms with Gasteiger partial charge in [-0.25, -0.2) is 0 Å². The van der Waals surface area contributed by atoms with Crippen LogP contribution in [0, 0.1) is 6.92 Å². The lowest BCUT2D eigenvalue weighted by atomic mass is 10.1. The first-order chi connectivity index (χ1) is 11.9. The molecule has 0 spiro atoms. The first kappa shape index (κ1) is 17.8. The number of aromatic hydroxyl groups is 1. The van der Waals surface area contributed by atoms with Crippen molar-refractivity contribution in [2.75, 3.05) is 19.6 Å². The van der Waals surface area contributed by atoms with Gasteiger partial charge < -0.3 is 14.9 Å². The predicted octanol–water partition coefficient (Wildman–Crippen LogP) is 3.40. The van der Waals surface area contributed by atoms with E-state index < -0.39 is 0 Å². The topological polar surface area (TPSA) is 60.9 Å². The van der Waals surface area contributed by atoms with Gasteiger partial charge in [-0.2, -0.15) is 0 Å². The number of benzene rings is 1. The van der Waals surface area contributed by atoms with Crippen LogP contribution >= 0.6 is 22.9 Å². The number of rotatable bonds is 2. The second-order valence-electron chi connectivity index (χ2n) is 6.25. The summed E-state index contributed by atoms with van der Waals surface area (Å²) < 4.78 is 0. The Bertz CT molecular complexity index is 820. The molecule has 7 heteroatoms. The summed E-state index contributed by atoms with van der Waals surface area (Å²) >= 11 is 7.44. The van der Waals surface area contributed by atoms with E-state index in [1.54, 1.807) is 21.9 Å². The molecule has 1 aromatic heterocycles. The summed E-state index contributed by atoms with van der Waals surface area (Å²) in [7, 11) is 0. The second-order valence-corrected chi connectivity index (χ2v) is 7.57. The summed E-state index contributed by atoms with van der Waals surface area (Å²) in [6.45, 7) is 5.21. The average molecular weight is 379 g/mol. The monoisotopic (exact) mass is 378 g/mol. The van der Waals surface area contributed by atoms with Crippen molar-refractivity contribution < 1.29 is 14.7 Å². The predicted molar refractivity (Wildman–Crippen MR) is 98.6 cm³/mol. The summed E-state index contributed by atoms with van der Waals surface area (Å²) in [5.41, 5.74) is 1.49. The standard InChI is InChI=1S/C18H19ClN2O3S/c1-11-3-4-14(15(19)7-11)17(23)21-6-5-20(9-12(21)2)18(24)16-8-13(22)10-25-16/h3-4,7-8,10,12,22H,5-6,9H2,1-2H3. The fraction of sp³-hybridized carbons (Fsp3) is 0.333. The fourth-order valence-corrected chi connectivity index (χ4v) is 4.04. The van der Waals surface area contributed by atoms with E-state index in [-0.39, 0.29) is 23.6 Å². The minimum Gasteiger partial charge on any atom is -0.507 e. The molecule has 0 bridgehead atoms. The highest BCUT2D eigenvalue weighted by atomic mass is 35.5. The molecule has 2 aromatic rings. The van der Waals surface area contributed by atoms with E-state index in [0.29, 0.717) is 35.1 Å². The van der Waals surface area contributed by atoms with Crippen molar-refractivity contribution in [3.63, 3.8) is 0 Å². The van der Waals surface area contributed by atoms with Crippen molar-refractivity contribution in [2.45, 2.75) is 19.9 Å². The number of amides is 2. The molecule has 1 unspecified atom stereocenters. The van der Waals surface area contributed by atoms with Crippen LogP contribution in [0.3, 0.4) is 0 Å². The summed E-state index contributed by atoms with van der Waals surface area (Å²) in [5, 5.41) is 11.4. The van der Waals surface area contributed by atoms with Gasteiger partial charge in [-0.3, -0.25) is 9.59 Å². The lowest BCUT2D eigenvalue weighted by Gasteiger charge is -2.39. The van der Waals surface area contributed by atoms with Gasteiger partial charge >= 0.3 is 0 Å². The molecule has 132 valence electrons. The number of aryl methyl sites for hydroxylation is 1. The molecule has 1 saturated heterocycles. The Kier molecular flexibility index (Phi) is 5.01. The summed E-state index contributed by atoms with van der Waals surface area (Å²) in [6.07, 6.45) is 0. The zero-order valence-corrected chi connectivity index (χ0v) is 15.6. The largest absolute Gasteiger partial charge is 0.507 e. The van der Waals surface area contributed by atoms with E-state index in [2.05, 4.69) is 0 Å². The summed E-state index contributed by atoms with van der Waals surface area (Å²) in [6, 6.07) is 6.76. The Labute approximate surface area is 155 Å². The van der Waals surface area contributed by atoms with Gasteiger partial charge in [0, 0.05) is 37.1 Å². The highest BCUT2D eigenvalue weighted by Gasteiger charge is 2.31. The van der Waals surface area contributed by atoms with Crippen molar-refractivity contribution in [1.29, 1.82) is 0 Å². The molecule has 3 rings (SSSR count). The third-order valence-corrected chi connectivity index (χ3v) is 5.55. The van der Waals surface area contributed by atoms with Crippen LogP contribution in [0.2, 0.25) is 5.02 Å². The molecule has 1 aromatic carbocycles. The van der Waals surface area contributed by atoms with E-state index in [0.717, 1.165) is 5.56 Å². The molecule has 1 aliphatic heterocycles. The molecule has 2 heterocycles. The van der Waals surface area contributed by atoms with Crippen LogP contribution in [-0.2, 0) is 0 Å². The number of hydrogen-bond acceptors (Lipinski definition) is 4. The average Bonchev–Trinajstić information content (AvgIpc) is 3.00. The van der Waals surface area contributed by atoms with Gasteiger partial charge in [-0.1, -0.05) is 17.7 Å². The number of halogens is 1. The van der Waals surface area contributed by atoms with Gasteiger partial charge in [-0.05, 0) is 31.5 Å². The van der Waals surface area contributed by atoms with E-state index in [9.17, 15) is 14.7 Å². The smallest absolute Gasteiger partial charge is 0.264 e. The molecule has 2 amide bonds. The second kappa shape index (κ2) is 7.06. The molecular formula is C18H19ClN2O3S. The molecule has 0 saturated carbocycles. The molecule has 1 atom stereocenters. The number of hydrogen-bond donors (Lipinski definition) is 1. The quantitative estimate of drug-likeness (QED) is 0.871. The normalized spacial score (nSPS) is 17.6. The molecule has 5 nitrogen and oxygen atoms in total. The third kappa shape index (κ3) is 3.65. The SMILES string of the molecule is Cc1ccc(C(=O)N2CCN(C(=O)c3cc(O)cs3)CC2C)c(Cl)c1. The summed E-state index contributed by atoms with van der Waals surface area (Å²) in [4.78, 5) is 29.3. The van der Waals surface area contributed by atoms with E-state index in [1.807, 2.05) is 19.9 Å². The summed E-state index contributed by atoms with van der Waals surface area (Å²) in [5.74, 6) is -0.125. The van der Waals surface area contributed by atoms with Crippen LogP contribution in [-0.4, -0.2) is 52.4 Å². The van der Waals surface area contributed by atoms with Gasteiger partial charge in [-0.15, -0.1) is 11.3 Å². The van der Waals surface area contributed by atoms with E-state index in [4.69, 9.17) is 11.6 Å².